The maximum atomic E-state index is 11.0. The normalized spacial score (nSPS) is 11.5. The molecular weight excluding hydrogens is 436 g/mol. The molecule has 0 spiro atoms. The third kappa shape index (κ3) is 5.54. The van der Waals surface area contributed by atoms with E-state index in [0.717, 1.165) is 0 Å². The van der Waals surface area contributed by atoms with Gasteiger partial charge < -0.3 is 4.74 Å². The molecule has 0 unspecified atom stereocenters. The van der Waals surface area contributed by atoms with Gasteiger partial charge in [0, 0.05) is 5.57 Å². The molecule has 2 nitrogen and oxygen atoms in total. The summed E-state index contributed by atoms with van der Waals surface area (Å²) in [5.41, 5.74) is 0.386. The molecule has 0 fully saturated rings. The van der Waals surface area contributed by atoms with Crippen molar-refractivity contribution in [2.24, 2.45) is 0 Å². The van der Waals surface area contributed by atoms with E-state index < -0.39 is 9.20 Å². The maximum absolute atomic E-state index is 11.0. The van der Waals surface area contributed by atoms with Crippen molar-refractivity contribution in [1.82, 2.24) is 0 Å². The summed E-state index contributed by atoms with van der Waals surface area (Å²) >= 11 is 13.3. The van der Waals surface area contributed by atoms with Crippen molar-refractivity contribution in [2.45, 2.75) is 13.9 Å². The van der Waals surface area contributed by atoms with E-state index in [9.17, 15) is 4.79 Å². The van der Waals surface area contributed by atoms with Crippen LogP contribution in [0.25, 0.3) is 0 Å². The fourth-order valence-electron chi connectivity index (χ4n) is 0.348. The molecule has 0 aliphatic carbocycles. The average Bonchev–Trinajstić information content (AvgIpc) is 1.99. The van der Waals surface area contributed by atoms with Gasteiger partial charge in [0.2, 0.25) is 0 Å². The van der Waals surface area contributed by atoms with E-state index in [1.165, 1.54) is 0 Å². The summed E-state index contributed by atoms with van der Waals surface area (Å²) in [6, 6.07) is 0. The van der Waals surface area contributed by atoms with Crippen LogP contribution in [0.4, 0.5) is 0 Å². The van der Waals surface area contributed by atoms with Gasteiger partial charge in [-0.3, -0.25) is 0 Å². The van der Waals surface area contributed by atoms with Crippen LogP contribution in [0.5, 0.6) is 0 Å². The van der Waals surface area contributed by atoms with E-state index in [2.05, 4.69) is 70.3 Å². The van der Waals surface area contributed by atoms with Crippen LogP contribution < -0.4 is 0 Å². The fourth-order valence-corrected chi connectivity index (χ4v) is 0.841. The van der Waals surface area contributed by atoms with Gasteiger partial charge in [-0.2, -0.15) is 0 Å². The monoisotopic (exact) mass is 440 g/mol. The molecule has 0 bridgehead atoms. The van der Waals surface area contributed by atoms with Gasteiger partial charge in [0.15, 0.2) is 0 Å². The molecular formula is C7H8Br4O2. The van der Waals surface area contributed by atoms with E-state index in [4.69, 9.17) is 4.74 Å². The Morgan fingerprint density at radius 1 is 1.54 bits per heavy atom. The largest absolute Gasteiger partial charge is 0.460 e. The lowest BCUT2D eigenvalue weighted by Gasteiger charge is -2.21. The van der Waals surface area contributed by atoms with Gasteiger partial charge in [-0.05, 0) is 6.92 Å². The Bertz CT molecular complexity index is 213. The molecule has 0 amide bonds. The second-order valence-electron chi connectivity index (χ2n) is 2.42. The second kappa shape index (κ2) is 5.88. The highest BCUT2D eigenvalue weighted by Gasteiger charge is 2.31. The number of hydrogen-bond acceptors (Lipinski definition) is 2. The standard InChI is InChI=1S/C7H8Br4O2/c1-4(2)5(12)13-3-7(10,11)6(8)9/h6H,1,3H2,2H3. The van der Waals surface area contributed by atoms with Crippen molar-refractivity contribution in [3.05, 3.63) is 12.2 Å². The first-order valence-corrected chi connectivity index (χ1v) is 6.67. The van der Waals surface area contributed by atoms with Gasteiger partial charge in [-0.25, -0.2) is 4.79 Å². The molecule has 0 aromatic heterocycles. The Kier molecular flexibility index (Phi) is 6.39. The van der Waals surface area contributed by atoms with Gasteiger partial charge in [0.1, 0.15) is 9.84 Å². The highest BCUT2D eigenvalue weighted by Crippen LogP contribution is 2.38. The summed E-state index contributed by atoms with van der Waals surface area (Å²) in [6.45, 7) is 5.27. The third-order valence-electron chi connectivity index (χ3n) is 1.06. The van der Waals surface area contributed by atoms with Crippen LogP contribution in [0, 0.1) is 0 Å². The molecule has 76 valence electrons. The minimum Gasteiger partial charge on any atom is -0.460 e. The lowest BCUT2D eigenvalue weighted by molar-refractivity contribution is -0.138. The van der Waals surface area contributed by atoms with Crippen molar-refractivity contribution in [3.8, 4) is 0 Å². The molecule has 0 aliphatic rings. The van der Waals surface area contributed by atoms with Crippen LogP contribution in [0.3, 0.4) is 0 Å². The summed E-state index contributed by atoms with van der Waals surface area (Å²) in [6.07, 6.45) is 0. The zero-order chi connectivity index (χ0) is 10.6. The maximum Gasteiger partial charge on any atom is 0.333 e. The predicted octanol–water partition coefficient (Wildman–Crippen LogP) is 3.71. The van der Waals surface area contributed by atoms with Gasteiger partial charge in [0.05, 0.1) is 3.74 Å². The Hall–Kier alpha value is 1.13. The molecule has 0 saturated carbocycles. The quantitative estimate of drug-likeness (QED) is 0.376. The minimum absolute atomic E-state index is 0.0505. The van der Waals surface area contributed by atoms with Crippen molar-refractivity contribution < 1.29 is 9.53 Å². The number of halogens is 4. The van der Waals surface area contributed by atoms with Gasteiger partial charge >= 0.3 is 5.97 Å². The number of ether oxygens (including phenoxy) is 1. The summed E-state index contributed by atoms with van der Waals surface area (Å²) in [5.74, 6) is -0.399. The zero-order valence-electron chi connectivity index (χ0n) is 6.82. The first-order valence-electron chi connectivity index (χ1n) is 3.26. The van der Waals surface area contributed by atoms with E-state index in [-0.39, 0.29) is 10.3 Å². The molecule has 0 heterocycles. The summed E-state index contributed by atoms with van der Waals surface area (Å²) in [5, 5.41) is 0. The number of carbonyl (C=O) groups excluding carboxylic acids is 1. The van der Waals surface area contributed by atoms with E-state index in [1.54, 1.807) is 6.92 Å². The smallest absolute Gasteiger partial charge is 0.333 e. The minimum atomic E-state index is -0.509. The van der Waals surface area contributed by atoms with E-state index in [1.807, 2.05) is 0 Å². The average molecular weight is 444 g/mol. The van der Waals surface area contributed by atoms with Gasteiger partial charge in [-0.1, -0.05) is 70.3 Å². The van der Waals surface area contributed by atoms with Crippen LogP contribution in [0.15, 0.2) is 12.2 Å². The highest BCUT2D eigenvalue weighted by molar-refractivity contribution is 9.30. The molecule has 0 aromatic rings. The first kappa shape index (κ1) is 14.1. The van der Waals surface area contributed by atoms with Crippen LogP contribution >= 0.6 is 63.7 Å². The summed E-state index contributed by atoms with van der Waals surface area (Å²) < 4.78 is 4.38. The van der Waals surface area contributed by atoms with Gasteiger partial charge in [-0.15, -0.1) is 0 Å². The number of hydrogen-bond donors (Lipinski definition) is 0. The van der Waals surface area contributed by atoms with Crippen LogP contribution in [0.2, 0.25) is 0 Å². The second-order valence-corrected chi connectivity index (χ2v) is 9.37. The molecule has 0 rings (SSSR count). The molecule has 0 aromatic carbocycles. The predicted molar refractivity (Wildman–Crippen MR) is 68.0 cm³/mol. The Balaban J connectivity index is 4.02. The van der Waals surface area contributed by atoms with Crippen LogP contribution in [0.1, 0.15) is 6.92 Å². The Morgan fingerprint density at radius 2 is 2.00 bits per heavy atom. The summed E-state index contributed by atoms with van der Waals surface area (Å²) in [4.78, 5) is 11.0. The fraction of sp³-hybridized carbons (Fsp3) is 0.571. The van der Waals surface area contributed by atoms with Crippen molar-refractivity contribution in [1.29, 1.82) is 0 Å². The Labute approximate surface area is 111 Å². The van der Waals surface area contributed by atoms with Crippen LogP contribution in [-0.2, 0) is 9.53 Å². The number of carbonyl (C=O) groups is 1. The third-order valence-corrected chi connectivity index (χ3v) is 6.46. The molecule has 6 heteroatoms. The molecule has 0 atom stereocenters. The number of esters is 1. The highest BCUT2D eigenvalue weighted by atomic mass is 79.9. The first-order chi connectivity index (χ1) is 5.77. The van der Waals surface area contributed by atoms with Crippen molar-refractivity contribution >= 4 is 69.7 Å². The SMILES string of the molecule is C=C(C)C(=O)OCC(Br)(Br)C(Br)Br. The van der Waals surface area contributed by atoms with Gasteiger partial charge in [0.25, 0.3) is 0 Å². The number of rotatable bonds is 4. The number of alkyl halides is 4. The molecule has 0 N–H and O–H groups in total. The van der Waals surface area contributed by atoms with Crippen molar-refractivity contribution in [3.63, 3.8) is 0 Å². The van der Waals surface area contributed by atoms with Crippen molar-refractivity contribution in [2.75, 3.05) is 6.61 Å². The van der Waals surface area contributed by atoms with Crippen LogP contribution in [-0.4, -0.2) is 19.5 Å². The zero-order valence-corrected chi connectivity index (χ0v) is 13.2. The lowest BCUT2D eigenvalue weighted by Crippen LogP contribution is -2.28. The molecule has 13 heavy (non-hydrogen) atoms. The van der Waals surface area contributed by atoms with E-state index in [0.29, 0.717) is 5.57 Å². The molecule has 0 radical (unpaired) electrons. The topological polar surface area (TPSA) is 26.3 Å². The Morgan fingerprint density at radius 3 is 2.31 bits per heavy atom. The summed E-state index contributed by atoms with van der Waals surface area (Å²) in [7, 11) is 0. The molecule has 0 aliphatic heterocycles. The molecule has 0 saturated heterocycles. The van der Waals surface area contributed by atoms with E-state index >= 15 is 0 Å². The lowest BCUT2D eigenvalue weighted by atomic mass is 10.4.